The van der Waals surface area contributed by atoms with Gasteiger partial charge in [-0.25, -0.2) is 0 Å². The summed E-state index contributed by atoms with van der Waals surface area (Å²) in [4.78, 5) is 0. The molecule has 2 aromatic carbocycles. The van der Waals surface area contributed by atoms with E-state index in [9.17, 15) is 23.4 Å². The van der Waals surface area contributed by atoms with Crippen molar-refractivity contribution in [3.8, 4) is 11.5 Å². The second-order valence-corrected chi connectivity index (χ2v) is 8.09. The van der Waals surface area contributed by atoms with Crippen LogP contribution in [-0.2, 0) is 10.2 Å². The summed E-state index contributed by atoms with van der Waals surface area (Å²) >= 11 is 0. The standard InChI is InChI=1S/C24H25F3O3/c1-13-6-7-20(30-24(25,26)27)23(12-13,18-8-14(2)21(28)15(3)9-18)19-10-16(4)22(29)17(5)11-19/h6-11,28-29H,12H2,1-5H3. The number of alkyl halides is 3. The molecule has 0 fully saturated rings. The molecule has 0 atom stereocenters. The molecule has 0 aromatic heterocycles. The maximum absolute atomic E-state index is 13.4. The second kappa shape index (κ2) is 7.42. The summed E-state index contributed by atoms with van der Waals surface area (Å²) in [7, 11) is 0. The molecule has 2 aromatic rings. The zero-order chi connectivity index (χ0) is 22.4. The molecule has 0 radical (unpaired) electrons. The molecule has 3 rings (SSSR count). The van der Waals surface area contributed by atoms with Crippen LogP contribution in [0.1, 0.15) is 46.7 Å². The number of phenols is 2. The van der Waals surface area contributed by atoms with Crippen molar-refractivity contribution >= 4 is 0 Å². The SMILES string of the molecule is CC1=CC=C(OC(F)(F)F)C(c2cc(C)c(O)c(C)c2)(c2cc(C)c(O)c(C)c2)C1. The number of ether oxygens (including phenoxy) is 1. The van der Waals surface area contributed by atoms with Crippen molar-refractivity contribution in [3.05, 3.63) is 81.1 Å². The van der Waals surface area contributed by atoms with Gasteiger partial charge in [-0.1, -0.05) is 35.9 Å². The highest BCUT2D eigenvalue weighted by Crippen LogP contribution is 2.50. The average molecular weight is 418 g/mol. The summed E-state index contributed by atoms with van der Waals surface area (Å²) in [5, 5.41) is 20.5. The fourth-order valence-corrected chi connectivity index (χ4v) is 4.23. The largest absolute Gasteiger partial charge is 0.572 e. The van der Waals surface area contributed by atoms with E-state index in [4.69, 9.17) is 0 Å². The first-order chi connectivity index (χ1) is 13.8. The van der Waals surface area contributed by atoms with Gasteiger partial charge in [0.2, 0.25) is 0 Å². The average Bonchev–Trinajstić information content (AvgIpc) is 2.63. The summed E-state index contributed by atoms with van der Waals surface area (Å²) in [6.45, 7) is 8.72. The molecule has 0 aliphatic heterocycles. The molecular formula is C24H25F3O3. The van der Waals surface area contributed by atoms with Crippen LogP contribution in [0.2, 0.25) is 0 Å². The van der Waals surface area contributed by atoms with Crippen LogP contribution in [0.25, 0.3) is 0 Å². The molecule has 0 bridgehead atoms. The van der Waals surface area contributed by atoms with Crippen molar-refractivity contribution in [1.82, 2.24) is 0 Å². The van der Waals surface area contributed by atoms with E-state index in [1.165, 1.54) is 6.08 Å². The van der Waals surface area contributed by atoms with Crippen LogP contribution < -0.4 is 0 Å². The van der Waals surface area contributed by atoms with Crippen LogP contribution in [-0.4, -0.2) is 16.6 Å². The van der Waals surface area contributed by atoms with Crippen molar-refractivity contribution in [2.45, 2.75) is 52.8 Å². The van der Waals surface area contributed by atoms with Crippen molar-refractivity contribution in [3.63, 3.8) is 0 Å². The third-order valence-electron chi connectivity index (χ3n) is 5.68. The molecule has 30 heavy (non-hydrogen) atoms. The molecule has 1 aliphatic rings. The number of rotatable bonds is 3. The van der Waals surface area contributed by atoms with Gasteiger partial charge in [0, 0.05) is 0 Å². The Balaban J connectivity index is 2.40. The number of hydrogen-bond donors (Lipinski definition) is 2. The van der Waals surface area contributed by atoms with Gasteiger partial charge in [-0.15, -0.1) is 13.2 Å². The zero-order valence-corrected chi connectivity index (χ0v) is 17.6. The van der Waals surface area contributed by atoms with Gasteiger partial charge in [-0.05, 0) is 80.5 Å². The van der Waals surface area contributed by atoms with Crippen LogP contribution in [0.3, 0.4) is 0 Å². The van der Waals surface area contributed by atoms with Gasteiger partial charge < -0.3 is 14.9 Å². The summed E-state index contributed by atoms with van der Waals surface area (Å²) in [5.74, 6) is -0.0239. The Hall–Kier alpha value is -2.89. The Morgan fingerprint density at radius 1 is 0.767 bits per heavy atom. The van der Waals surface area contributed by atoms with Gasteiger partial charge in [0.25, 0.3) is 0 Å². The number of aromatic hydroxyl groups is 2. The highest BCUT2D eigenvalue weighted by atomic mass is 19.4. The molecular weight excluding hydrogens is 393 g/mol. The molecule has 2 N–H and O–H groups in total. The number of aryl methyl sites for hydroxylation is 4. The van der Waals surface area contributed by atoms with Gasteiger partial charge in [0.05, 0.1) is 5.41 Å². The molecule has 0 spiro atoms. The van der Waals surface area contributed by atoms with E-state index >= 15 is 0 Å². The minimum atomic E-state index is -4.86. The molecule has 160 valence electrons. The lowest BCUT2D eigenvalue weighted by atomic mass is 9.66. The monoisotopic (exact) mass is 418 g/mol. The highest BCUT2D eigenvalue weighted by molar-refractivity contribution is 5.58. The summed E-state index contributed by atoms with van der Waals surface area (Å²) in [6.07, 6.45) is -1.61. The van der Waals surface area contributed by atoms with Crippen LogP contribution >= 0.6 is 0 Å². The van der Waals surface area contributed by atoms with Crippen LogP contribution in [0.4, 0.5) is 13.2 Å². The molecule has 1 aliphatic carbocycles. The first-order valence-corrected chi connectivity index (χ1v) is 9.60. The Morgan fingerprint density at radius 2 is 1.17 bits per heavy atom. The lowest BCUT2D eigenvalue weighted by Crippen LogP contribution is -2.36. The van der Waals surface area contributed by atoms with Crippen molar-refractivity contribution in [2.24, 2.45) is 0 Å². The predicted octanol–water partition coefficient (Wildman–Crippen LogP) is 6.39. The number of halogens is 3. The minimum absolute atomic E-state index is 0.109. The maximum atomic E-state index is 13.4. The third kappa shape index (κ3) is 3.78. The molecule has 0 unspecified atom stereocenters. The van der Waals surface area contributed by atoms with E-state index in [1.54, 1.807) is 58.0 Å². The van der Waals surface area contributed by atoms with Crippen LogP contribution in [0.5, 0.6) is 11.5 Å². The maximum Gasteiger partial charge on any atom is 0.572 e. The molecule has 3 nitrogen and oxygen atoms in total. The summed E-state index contributed by atoms with van der Waals surface area (Å²) in [5.41, 5.74) is 3.05. The fourth-order valence-electron chi connectivity index (χ4n) is 4.23. The molecule has 0 amide bonds. The van der Waals surface area contributed by atoms with Gasteiger partial charge in [-0.2, -0.15) is 0 Å². The lowest BCUT2D eigenvalue weighted by molar-refractivity contribution is -0.309. The minimum Gasteiger partial charge on any atom is -0.507 e. The first kappa shape index (κ1) is 21.8. The number of allylic oxidation sites excluding steroid dienone is 4. The summed E-state index contributed by atoms with van der Waals surface area (Å²) in [6, 6.07) is 6.80. The normalized spacial score (nSPS) is 16.1. The Bertz CT molecular complexity index is 958. The third-order valence-corrected chi connectivity index (χ3v) is 5.68. The van der Waals surface area contributed by atoms with E-state index in [0.717, 1.165) is 5.57 Å². The Morgan fingerprint density at radius 3 is 1.53 bits per heavy atom. The fraction of sp³-hybridized carbons (Fsp3) is 0.333. The van der Waals surface area contributed by atoms with E-state index in [2.05, 4.69) is 4.74 Å². The van der Waals surface area contributed by atoms with Gasteiger partial charge >= 0.3 is 6.36 Å². The quantitative estimate of drug-likeness (QED) is 0.607. The number of phenolic OH excluding ortho intramolecular Hbond substituents is 2. The molecule has 0 heterocycles. The lowest BCUT2D eigenvalue weighted by Gasteiger charge is -2.40. The van der Waals surface area contributed by atoms with E-state index in [0.29, 0.717) is 33.4 Å². The van der Waals surface area contributed by atoms with Crippen molar-refractivity contribution < 1.29 is 28.1 Å². The van der Waals surface area contributed by atoms with Gasteiger partial charge in [0.1, 0.15) is 17.3 Å². The predicted molar refractivity (Wildman–Crippen MR) is 110 cm³/mol. The van der Waals surface area contributed by atoms with Gasteiger partial charge in [-0.3, -0.25) is 0 Å². The highest BCUT2D eigenvalue weighted by Gasteiger charge is 2.46. The van der Waals surface area contributed by atoms with Gasteiger partial charge in [0.15, 0.2) is 0 Å². The first-order valence-electron chi connectivity index (χ1n) is 9.60. The zero-order valence-electron chi connectivity index (χ0n) is 17.6. The summed E-state index contributed by atoms with van der Waals surface area (Å²) < 4.78 is 44.7. The molecule has 0 saturated carbocycles. The molecule has 0 saturated heterocycles. The van der Waals surface area contributed by atoms with Crippen molar-refractivity contribution in [1.29, 1.82) is 0 Å². The van der Waals surface area contributed by atoms with E-state index in [1.807, 2.05) is 6.92 Å². The Kier molecular flexibility index (Phi) is 5.39. The number of hydrogen-bond acceptors (Lipinski definition) is 3. The molecule has 6 heteroatoms. The van der Waals surface area contributed by atoms with E-state index in [-0.39, 0.29) is 23.7 Å². The topological polar surface area (TPSA) is 49.7 Å². The van der Waals surface area contributed by atoms with Crippen molar-refractivity contribution in [2.75, 3.05) is 0 Å². The number of benzene rings is 2. The Labute approximate surface area is 174 Å². The smallest absolute Gasteiger partial charge is 0.507 e. The van der Waals surface area contributed by atoms with E-state index < -0.39 is 11.8 Å². The van der Waals surface area contributed by atoms with Crippen LogP contribution in [0, 0.1) is 27.7 Å². The second-order valence-electron chi connectivity index (χ2n) is 8.09. The van der Waals surface area contributed by atoms with Crippen LogP contribution in [0.15, 0.2) is 47.7 Å².